The fourth-order valence-electron chi connectivity index (χ4n) is 3.01. The van der Waals surface area contributed by atoms with Crippen LogP contribution in [-0.2, 0) is 16.0 Å². The highest BCUT2D eigenvalue weighted by atomic mass is 79.9. The van der Waals surface area contributed by atoms with Crippen LogP contribution < -0.4 is 21.8 Å². The lowest BCUT2D eigenvalue weighted by Gasteiger charge is -2.26. The Hall–Kier alpha value is -1.48. The van der Waals surface area contributed by atoms with Crippen LogP contribution >= 0.6 is 11.3 Å². The number of nitrogens with zero attached hydrogens (tertiary/aromatic N) is 3. The van der Waals surface area contributed by atoms with E-state index in [1.807, 2.05) is 38.1 Å². The number of carbonyl (C=O) groups is 1. The van der Waals surface area contributed by atoms with Gasteiger partial charge in [-0.05, 0) is 32.9 Å². The van der Waals surface area contributed by atoms with Gasteiger partial charge in [0.2, 0.25) is 0 Å². The van der Waals surface area contributed by atoms with Crippen molar-refractivity contribution < 1.29 is 31.2 Å². The van der Waals surface area contributed by atoms with Gasteiger partial charge in [0, 0.05) is 31.9 Å². The summed E-state index contributed by atoms with van der Waals surface area (Å²) in [6.07, 6.45) is 0. The SMILES string of the molecule is CCOC(=O)c1sc(=Nc2ccc(C)cc2)n(CCN2CCOCC2)c1C.[Br-]. The largest absolute Gasteiger partial charge is 1.00 e. The number of hydrogen-bond acceptors (Lipinski definition) is 6. The van der Waals surface area contributed by atoms with Crippen molar-refractivity contribution in [2.45, 2.75) is 27.3 Å². The number of rotatable bonds is 6. The normalized spacial score (nSPS) is 15.3. The monoisotopic (exact) mass is 468 g/mol. The summed E-state index contributed by atoms with van der Waals surface area (Å²) in [5.41, 5.74) is 3.00. The molecule has 28 heavy (non-hydrogen) atoms. The zero-order valence-electron chi connectivity index (χ0n) is 16.6. The van der Waals surface area contributed by atoms with Gasteiger partial charge in [-0.1, -0.05) is 29.0 Å². The lowest BCUT2D eigenvalue weighted by Crippen LogP contribution is -3.00. The molecule has 0 unspecified atom stereocenters. The molecule has 0 amide bonds. The van der Waals surface area contributed by atoms with E-state index in [2.05, 4.69) is 16.4 Å². The van der Waals surface area contributed by atoms with Gasteiger partial charge in [-0.2, -0.15) is 0 Å². The molecule has 0 spiro atoms. The van der Waals surface area contributed by atoms with E-state index >= 15 is 0 Å². The first-order chi connectivity index (χ1) is 13.1. The topological polar surface area (TPSA) is 56.1 Å². The lowest BCUT2D eigenvalue weighted by molar-refractivity contribution is -0.0000257. The highest BCUT2D eigenvalue weighted by Crippen LogP contribution is 2.17. The highest BCUT2D eigenvalue weighted by Gasteiger charge is 2.19. The van der Waals surface area contributed by atoms with Crippen LogP contribution in [0.25, 0.3) is 0 Å². The first-order valence-electron chi connectivity index (χ1n) is 9.37. The summed E-state index contributed by atoms with van der Waals surface area (Å²) in [6, 6.07) is 8.09. The average molecular weight is 469 g/mol. The standard InChI is InChI=1S/C20H27N3O3S.BrH/c1-4-26-19(24)18-16(3)23(10-9-22-11-13-25-14-12-22)20(27-18)21-17-7-5-15(2)6-8-17;/h5-8H,4,9-14H2,1-3H3;1H/p-1. The van der Waals surface area contributed by atoms with Gasteiger partial charge < -0.3 is 31.0 Å². The first-order valence-corrected chi connectivity index (χ1v) is 10.2. The van der Waals surface area contributed by atoms with Crippen molar-refractivity contribution >= 4 is 23.0 Å². The van der Waals surface area contributed by atoms with Crippen LogP contribution in [0.15, 0.2) is 29.3 Å². The van der Waals surface area contributed by atoms with Crippen LogP contribution in [0.3, 0.4) is 0 Å². The minimum atomic E-state index is -0.273. The molecule has 8 heteroatoms. The van der Waals surface area contributed by atoms with Crippen LogP contribution in [0.4, 0.5) is 5.69 Å². The van der Waals surface area contributed by atoms with Crippen LogP contribution in [0.1, 0.15) is 27.9 Å². The maximum atomic E-state index is 12.3. The molecule has 1 aliphatic rings. The van der Waals surface area contributed by atoms with Gasteiger partial charge in [-0.3, -0.25) is 4.90 Å². The van der Waals surface area contributed by atoms with Crippen molar-refractivity contribution in [2.75, 3.05) is 39.5 Å². The van der Waals surface area contributed by atoms with E-state index < -0.39 is 0 Å². The van der Waals surface area contributed by atoms with Gasteiger partial charge in [0.05, 0.1) is 25.5 Å². The lowest BCUT2D eigenvalue weighted by atomic mass is 10.2. The maximum Gasteiger partial charge on any atom is 0.350 e. The predicted molar refractivity (Wildman–Crippen MR) is 107 cm³/mol. The molecular formula is C20H27BrN3O3S-. The molecule has 2 heterocycles. The molecule has 1 saturated heterocycles. The third kappa shape index (κ3) is 5.76. The smallest absolute Gasteiger partial charge is 0.350 e. The summed E-state index contributed by atoms with van der Waals surface area (Å²) in [6.45, 7) is 11.4. The third-order valence-corrected chi connectivity index (χ3v) is 5.78. The van der Waals surface area contributed by atoms with Gasteiger partial charge in [0.25, 0.3) is 0 Å². The Morgan fingerprint density at radius 3 is 2.50 bits per heavy atom. The molecule has 0 N–H and O–H groups in total. The molecule has 1 aromatic heterocycles. The molecule has 0 saturated carbocycles. The average Bonchev–Trinajstić information content (AvgIpc) is 2.98. The second-order valence-corrected chi connectivity index (χ2v) is 7.55. The summed E-state index contributed by atoms with van der Waals surface area (Å²) in [7, 11) is 0. The van der Waals surface area contributed by atoms with Crippen molar-refractivity contribution in [1.82, 2.24) is 9.47 Å². The van der Waals surface area contributed by atoms with E-state index in [4.69, 9.17) is 14.5 Å². The molecule has 1 aliphatic heterocycles. The Morgan fingerprint density at radius 2 is 1.86 bits per heavy atom. The number of halogens is 1. The first kappa shape index (κ1) is 22.8. The van der Waals surface area contributed by atoms with Gasteiger partial charge in [0.15, 0.2) is 4.80 Å². The second-order valence-electron chi connectivity index (χ2n) is 6.57. The Kier molecular flexibility index (Phi) is 8.88. The van der Waals surface area contributed by atoms with Crippen LogP contribution in [0.2, 0.25) is 0 Å². The number of hydrogen-bond donors (Lipinski definition) is 0. The Labute approximate surface area is 180 Å². The fraction of sp³-hybridized carbons (Fsp3) is 0.500. The quantitative estimate of drug-likeness (QED) is 0.556. The number of morpholine rings is 1. The zero-order chi connectivity index (χ0) is 19.2. The molecule has 2 aromatic rings. The van der Waals surface area contributed by atoms with Gasteiger partial charge in [-0.25, -0.2) is 9.79 Å². The number of ether oxygens (including phenoxy) is 2. The Balaban J connectivity index is 0.00000280. The van der Waals surface area contributed by atoms with Crippen molar-refractivity contribution in [3.8, 4) is 0 Å². The zero-order valence-corrected chi connectivity index (χ0v) is 19.0. The van der Waals surface area contributed by atoms with E-state index in [-0.39, 0.29) is 23.0 Å². The van der Waals surface area contributed by atoms with E-state index in [0.29, 0.717) is 11.5 Å². The summed E-state index contributed by atoms with van der Waals surface area (Å²) < 4.78 is 12.8. The highest BCUT2D eigenvalue weighted by molar-refractivity contribution is 7.11. The molecule has 0 aliphatic carbocycles. The van der Waals surface area contributed by atoms with Crippen molar-refractivity contribution in [3.05, 3.63) is 45.2 Å². The molecule has 0 atom stereocenters. The molecule has 1 aromatic carbocycles. The molecule has 6 nitrogen and oxygen atoms in total. The van der Waals surface area contributed by atoms with Crippen LogP contribution in [-0.4, -0.2) is 54.9 Å². The minimum absolute atomic E-state index is 0. The molecule has 0 radical (unpaired) electrons. The summed E-state index contributed by atoms with van der Waals surface area (Å²) in [5.74, 6) is -0.273. The number of benzene rings is 1. The minimum Gasteiger partial charge on any atom is -1.00 e. The van der Waals surface area contributed by atoms with Crippen molar-refractivity contribution in [2.24, 2.45) is 4.99 Å². The number of aromatic nitrogens is 1. The van der Waals surface area contributed by atoms with Crippen molar-refractivity contribution in [3.63, 3.8) is 0 Å². The van der Waals surface area contributed by atoms with Gasteiger partial charge >= 0.3 is 5.97 Å². The summed E-state index contributed by atoms with van der Waals surface area (Å²) in [4.78, 5) is 21.0. The molecule has 1 fully saturated rings. The third-order valence-electron chi connectivity index (χ3n) is 4.62. The summed E-state index contributed by atoms with van der Waals surface area (Å²) >= 11 is 1.40. The van der Waals surface area contributed by atoms with E-state index in [1.54, 1.807) is 0 Å². The molecule has 0 bridgehead atoms. The van der Waals surface area contributed by atoms with Crippen LogP contribution in [0.5, 0.6) is 0 Å². The number of esters is 1. The molecular weight excluding hydrogens is 442 g/mol. The number of thiazole rings is 1. The maximum absolute atomic E-state index is 12.3. The van der Waals surface area contributed by atoms with Crippen LogP contribution in [0, 0.1) is 13.8 Å². The Morgan fingerprint density at radius 1 is 1.18 bits per heavy atom. The number of aryl methyl sites for hydroxylation is 1. The van der Waals surface area contributed by atoms with E-state index in [1.165, 1.54) is 16.9 Å². The Bertz CT molecular complexity index is 839. The summed E-state index contributed by atoms with van der Waals surface area (Å²) in [5, 5.41) is 0. The van der Waals surface area contributed by atoms with E-state index in [0.717, 1.165) is 55.6 Å². The van der Waals surface area contributed by atoms with Gasteiger partial charge in [-0.15, -0.1) is 0 Å². The van der Waals surface area contributed by atoms with E-state index in [9.17, 15) is 4.79 Å². The molecule has 3 rings (SSSR count). The molecule has 154 valence electrons. The predicted octanol–water partition coefficient (Wildman–Crippen LogP) is -0.0883. The van der Waals surface area contributed by atoms with Crippen molar-refractivity contribution in [1.29, 1.82) is 0 Å². The fourth-order valence-corrected chi connectivity index (χ4v) is 4.09. The number of carbonyl (C=O) groups excluding carboxylic acids is 1. The van der Waals surface area contributed by atoms with Gasteiger partial charge in [0.1, 0.15) is 4.88 Å². The second kappa shape index (κ2) is 10.9.